The van der Waals surface area contributed by atoms with E-state index in [-0.39, 0.29) is 17.1 Å². The maximum atomic E-state index is 12.9. The molecule has 8 heteroatoms. The first-order valence-electron chi connectivity index (χ1n) is 7.48. The van der Waals surface area contributed by atoms with Gasteiger partial charge in [-0.05, 0) is 36.4 Å². The van der Waals surface area contributed by atoms with Gasteiger partial charge < -0.3 is 4.57 Å². The predicted molar refractivity (Wildman–Crippen MR) is 92.0 cm³/mol. The van der Waals surface area contributed by atoms with Gasteiger partial charge in [-0.25, -0.2) is 14.2 Å². The Bertz CT molecular complexity index is 988. The van der Waals surface area contributed by atoms with Crippen molar-refractivity contribution in [3.63, 3.8) is 0 Å². The molecule has 0 atom stereocenters. The lowest BCUT2D eigenvalue weighted by atomic mass is 10.4. The van der Waals surface area contributed by atoms with E-state index in [0.29, 0.717) is 24.1 Å². The van der Waals surface area contributed by atoms with E-state index in [1.165, 1.54) is 27.6 Å². The standard InChI is InChI=1S/C16H17FN4O2S/c1-19-10-18-14-13(19)15(22)21(16(23)20(14)2)8-3-9-24-12-6-4-11(17)5-7-12/h4-7,10H,3,8-9H2,1-2H3. The summed E-state index contributed by atoms with van der Waals surface area (Å²) in [6, 6.07) is 6.26. The number of nitrogens with zero attached hydrogens (tertiary/aromatic N) is 4. The van der Waals surface area contributed by atoms with Gasteiger partial charge in [0.05, 0.1) is 6.33 Å². The van der Waals surface area contributed by atoms with Gasteiger partial charge in [0, 0.05) is 25.5 Å². The number of aryl methyl sites for hydroxylation is 2. The lowest BCUT2D eigenvalue weighted by Crippen LogP contribution is -2.39. The monoisotopic (exact) mass is 348 g/mol. The summed E-state index contributed by atoms with van der Waals surface area (Å²) in [6.45, 7) is 0.334. The molecule has 0 aliphatic carbocycles. The molecule has 2 heterocycles. The minimum Gasteiger partial charge on any atom is -0.328 e. The van der Waals surface area contributed by atoms with Gasteiger partial charge in [0.15, 0.2) is 11.2 Å². The first kappa shape index (κ1) is 16.5. The van der Waals surface area contributed by atoms with Gasteiger partial charge in [0.1, 0.15) is 5.82 Å². The number of imidazole rings is 1. The Labute approximate surface area is 141 Å². The average molecular weight is 348 g/mol. The van der Waals surface area contributed by atoms with Crippen LogP contribution in [-0.2, 0) is 20.6 Å². The van der Waals surface area contributed by atoms with E-state index in [0.717, 1.165) is 10.6 Å². The summed E-state index contributed by atoms with van der Waals surface area (Å²) in [4.78, 5) is 29.9. The van der Waals surface area contributed by atoms with Crippen molar-refractivity contribution in [2.24, 2.45) is 14.1 Å². The maximum Gasteiger partial charge on any atom is 0.332 e. The van der Waals surface area contributed by atoms with Gasteiger partial charge >= 0.3 is 5.69 Å². The van der Waals surface area contributed by atoms with Crippen LogP contribution < -0.4 is 11.2 Å². The molecule has 0 radical (unpaired) electrons. The number of fused-ring (bicyclic) bond motifs is 1. The molecule has 1 aromatic carbocycles. The highest BCUT2D eigenvalue weighted by Gasteiger charge is 2.14. The third-order valence-corrected chi connectivity index (χ3v) is 4.91. The van der Waals surface area contributed by atoms with Crippen molar-refractivity contribution in [2.75, 3.05) is 5.75 Å². The van der Waals surface area contributed by atoms with Gasteiger partial charge in [-0.1, -0.05) is 0 Å². The topological polar surface area (TPSA) is 61.8 Å². The number of rotatable bonds is 5. The lowest BCUT2D eigenvalue weighted by Gasteiger charge is -2.08. The maximum absolute atomic E-state index is 12.9. The molecule has 0 amide bonds. The van der Waals surface area contributed by atoms with E-state index >= 15 is 0 Å². The molecule has 24 heavy (non-hydrogen) atoms. The third kappa shape index (κ3) is 3.01. The number of halogens is 1. The highest BCUT2D eigenvalue weighted by atomic mass is 32.2. The second-order valence-corrected chi connectivity index (χ2v) is 6.65. The largest absolute Gasteiger partial charge is 0.332 e. The molecule has 3 aromatic rings. The van der Waals surface area contributed by atoms with Crippen LogP contribution in [0.5, 0.6) is 0 Å². The predicted octanol–water partition coefficient (Wildman–Crippen LogP) is 1.76. The van der Waals surface area contributed by atoms with Crippen LogP contribution in [0.15, 0.2) is 45.1 Å². The molecule has 0 saturated carbocycles. The van der Waals surface area contributed by atoms with Crippen LogP contribution in [0.25, 0.3) is 11.2 Å². The molecule has 0 unspecified atom stereocenters. The fraction of sp³-hybridized carbons (Fsp3) is 0.312. The molecule has 0 spiro atoms. The molecule has 6 nitrogen and oxygen atoms in total. The van der Waals surface area contributed by atoms with Crippen molar-refractivity contribution >= 4 is 22.9 Å². The smallest absolute Gasteiger partial charge is 0.328 e. The molecule has 0 saturated heterocycles. The molecule has 2 aromatic heterocycles. The Morgan fingerprint density at radius 3 is 2.58 bits per heavy atom. The van der Waals surface area contributed by atoms with E-state index in [1.807, 2.05) is 0 Å². The van der Waals surface area contributed by atoms with E-state index in [2.05, 4.69) is 4.98 Å². The van der Waals surface area contributed by atoms with Crippen molar-refractivity contribution in [1.29, 1.82) is 0 Å². The number of benzene rings is 1. The molecular formula is C16H17FN4O2S. The van der Waals surface area contributed by atoms with Crippen molar-refractivity contribution in [3.8, 4) is 0 Å². The zero-order valence-electron chi connectivity index (χ0n) is 13.4. The van der Waals surface area contributed by atoms with Crippen molar-refractivity contribution in [3.05, 3.63) is 57.2 Å². The van der Waals surface area contributed by atoms with Crippen LogP contribution in [0.2, 0.25) is 0 Å². The molecule has 126 valence electrons. The first-order valence-corrected chi connectivity index (χ1v) is 8.47. The Morgan fingerprint density at radius 2 is 1.88 bits per heavy atom. The van der Waals surface area contributed by atoms with Crippen molar-refractivity contribution in [2.45, 2.75) is 17.9 Å². The van der Waals surface area contributed by atoms with Gasteiger partial charge in [0.25, 0.3) is 5.56 Å². The van der Waals surface area contributed by atoms with Crippen molar-refractivity contribution in [1.82, 2.24) is 18.7 Å². The van der Waals surface area contributed by atoms with Crippen LogP contribution in [0.4, 0.5) is 4.39 Å². The van der Waals surface area contributed by atoms with Crippen LogP contribution >= 0.6 is 11.8 Å². The SMILES string of the molecule is Cn1cnc2c1c(=O)n(CCCSc1ccc(F)cc1)c(=O)n2C. The summed E-state index contributed by atoms with van der Waals surface area (Å²) < 4.78 is 17.1. The number of aromatic nitrogens is 4. The minimum atomic E-state index is -0.363. The van der Waals surface area contributed by atoms with E-state index < -0.39 is 0 Å². The first-order chi connectivity index (χ1) is 11.5. The van der Waals surface area contributed by atoms with E-state index in [9.17, 15) is 14.0 Å². The second-order valence-electron chi connectivity index (χ2n) is 5.48. The zero-order chi connectivity index (χ0) is 17.3. The van der Waals surface area contributed by atoms with Gasteiger partial charge in [-0.2, -0.15) is 0 Å². The fourth-order valence-electron chi connectivity index (χ4n) is 2.54. The summed E-state index contributed by atoms with van der Waals surface area (Å²) in [7, 11) is 3.34. The number of thioether (sulfide) groups is 1. The molecule has 0 aliphatic heterocycles. The Kier molecular flexibility index (Phi) is 4.57. The number of hydrogen-bond donors (Lipinski definition) is 0. The van der Waals surface area contributed by atoms with Gasteiger partial charge in [0.2, 0.25) is 0 Å². The molecule has 0 N–H and O–H groups in total. The lowest BCUT2D eigenvalue weighted by molar-refractivity contribution is 0.594. The Balaban J connectivity index is 1.76. The summed E-state index contributed by atoms with van der Waals surface area (Å²) in [5, 5.41) is 0. The second kappa shape index (κ2) is 6.64. The normalized spacial score (nSPS) is 11.3. The molecule has 0 fully saturated rings. The highest BCUT2D eigenvalue weighted by Crippen LogP contribution is 2.18. The molecule has 0 bridgehead atoms. The molecular weight excluding hydrogens is 331 g/mol. The third-order valence-electron chi connectivity index (χ3n) is 3.81. The molecule has 0 aliphatic rings. The Morgan fingerprint density at radius 1 is 1.17 bits per heavy atom. The summed E-state index contributed by atoms with van der Waals surface area (Å²) in [5.74, 6) is 0.462. The highest BCUT2D eigenvalue weighted by molar-refractivity contribution is 7.99. The van der Waals surface area contributed by atoms with Gasteiger partial charge in [-0.3, -0.25) is 13.9 Å². The fourth-order valence-corrected chi connectivity index (χ4v) is 3.37. The van der Waals surface area contributed by atoms with Crippen LogP contribution in [0, 0.1) is 5.82 Å². The average Bonchev–Trinajstić information content (AvgIpc) is 2.96. The van der Waals surface area contributed by atoms with E-state index in [4.69, 9.17) is 0 Å². The quantitative estimate of drug-likeness (QED) is 0.521. The van der Waals surface area contributed by atoms with Crippen LogP contribution in [0.3, 0.4) is 0 Å². The van der Waals surface area contributed by atoms with Crippen molar-refractivity contribution < 1.29 is 4.39 Å². The molecule has 3 rings (SSSR count). The van der Waals surface area contributed by atoms with E-state index in [1.54, 1.807) is 42.6 Å². The number of hydrogen-bond acceptors (Lipinski definition) is 4. The summed E-state index contributed by atoms with van der Waals surface area (Å²) in [5.41, 5.74) is 0.130. The zero-order valence-corrected chi connectivity index (χ0v) is 14.2. The minimum absolute atomic E-state index is 0.265. The summed E-state index contributed by atoms with van der Waals surface area (Å²) >= 11 is 1.56. The summed E-state index contributed by atoms with van der Waals surface area (Å²) in [6.07, 6.45) is 2.18. The van der Waals surface area contributed by atoms with Crippen LogP contribution in [0.1, 0.15) is 6.42 Å². The Hall–Kier alpha value is -2.35. The van der Waals surface area contributed by atoms with Gasteiger partial charge in [-0.15, -0.1) is 11.8 Å². The van der Waals surface area contributed by atoms with Crippen LogP contribution in [-0.4, -0.2) is 24.4 Å².